The Kier molecular flexibility index (Phi) is 6.65. The van der Waals surface area contributed by atoms with E-state index < -0.39 is 11.9 Å². The fraction of sp³-hybridized carbons (Fsp3) is 0.444. The molecule has 184 valence electrons. The van der Waals surface area contributed by atoms with Gasteiger partial charge in [0, 0.05) is 18.7 Å². The summed E-state index contributed by atoms with van der Waals surface area (Å²) in [5.74, 6) is -0.204. The van der Waals surface area contributed by atoms with Crippen molar-refractivity contribution in [1.82, 2.24) is 9.80 Å². The van der Waals surface area contributed by atoms with E-state index in [0.29, 0.717) is 36.2 Å². The van der Waals surface area contributed by atoms with Crippen LogP contribution in [0.15, 0.2) is 48.5 Å². The number of halogens is 2. The van der Waals surface area contributed by atoms with Crippen LogP contribution in [0.25, 0.3) is 0 Å². The molecule has 3 amide bonds. The van der Waals surface area contributed by atoms with Crippen LogP contribution in [0.4, 0.5) is 14.5 Å². The largest absolute Gasteiger partial charge is 0.339 e. The number of anilines is 1. The van der Waals surface area contributed by atoms with E-state index in [1.807, 2.05) is 4.90 Å². The van der Waals surface area contributed by atoms with Crippen LogP contribution in [0, 0.1) is 23.5 Å². The van der Waals surface area contributed by atoms with Crippen molar-refractivity contribution in [2.45, 2.75) is 38.1 Å². The van der Waals surface area contributed by atoms with Crippen LogP contribution >= 0.6 is 0 Å². The average Bonchev–Trinajstić information content (AvgIpc) is 3.18. The number of benzene rings is 2. The second kappa shape index (κ2) is 9.85. The maximum Gasteiger partial charge on any atom is 0.253 e. The lowest BCUT2D eigenvalue weighted by atomic mass is 9.78. The molecule has 3 fully saturated rings. The molecule has 3 aliphatic heterocycles. The second-order valence-electron chi connectivity index (χ2n) is 9.77. The first-order valence-corrected chi connectivity index (χ1v) is 12.3. The molecule has 2 aromatic rings. The highest BCUT2D eigenvalue weighted by Gasteiger charge is 2.44. The van der Waals surface area contributed by atoms with E-state index in [-0.39, 0.29) is 30.0 Å². The Morgan fingerprint density at radius 3 is 1.83 bits per heavy atom. The summed E-state index contributed by atoms with van der Waals surface area (Å²) in [6.45, 7) is 2.92. The minimum atomic E-state index is -0.455. The van der Waals surface area contributed by atoms with E-state index in [1.165, 1.54) is 53.4 Å². The monoisotopic (exact) mass is 481 g/mol. The number of likely N-dealkylation sites (tertiary alicyclic amines) is 2. The van der Waals surface area contributed by atoms with Gasteiger partial charge in [-0.3, -0.25) is 19.3 Å². The number of rotatable bonds is 4. The molecular formula is C27H29F2N3O3. The summed E-state index contributed by atoms with van der Waals surface area (Å²) in [6, 6.07) is 10.7. The van der Waals surface area contributed by atoms with Gasteiger partial charge in [0.15, 0.2) is 0 Å². The molecular weight excluding hydrogens is 452 g/mol. The molecule has 3 aliphatic rings. The zero-order valence-electron chi connectivity index (χ0n) is 19.5. The second-order valence-corrected chi connectivity index (χ2v) is 9.77. The number of hydrogen-bond acceptors (Lipinski definition) is 4. The predicted molar refractivity (Wildman–Crippen MR) is 127 cm³/mol. The Hall–Kier alpha value is -3.13. The first-order valence-electron chi connectivity index (χ1n) is 12.3. The van der Waals surface area contributed by atoms with Crippen molar-refractivity contribution in [3.8, 4) is 0 Å². The van der Waals surface area contributed by atoms with Gasteiger partial charge in [-0.2, -0.15) is 0 Å². The van der Waals surface area contributed by atoms with Crippen molar-refractivity contribution < 1.29 is 23.2 Å². The molecule has 0 radical (unpaired) electrons. The lowest BCUT2D eigenvalue weighted by Gasteiger charge is -2.41. The molecule has 6 nitrogen and oxygen atoms in total. The fourth-order valence-electron chi connectivity index (χ4n) is 5.81. The molecule has 2 aromatic carbocycles. The van der Waals surface area contributed by atoms with Gasteiger partial charge in [-0.15, -0.1) is 0 Å². The van der Waals surface area contributed by atoms with Crippen molar-refractivity contribution in [2.24, 2.45) is 11.8 Å². The molecule has 0 aliphatic carbocycles. The molecule has 35 heavy (non-hydrogen) atoms. The SMILES string of the molecule is O=C(c1ccc(F)cc1)N1CCC(C2CCN([C@H]3CC(=O)N(c4ccc(F)cc4)C3=O)CC2)CC1. The lowest BCUT2D eigenvalue weighted by molar-refractivity contribution is -0.123. The van der Waals surface area contributed by atoms with Crippen molar-refractivity contribution in [3.05, 3.63) is 65.7 Å². The number of imide groups is 1. The smallest absolute Gasteiger partial charge is 0.253 e. The van der Waals surface area contributed by atoms with Gasteiger partial charge < -0.3 is 4.90 Å². The van der Waals surface area contributed by atoms with Gasteiger partial charge in [-0.1, -0.05) is 0 Å². The minimum absolute atomic E-state index is 0.0478. The maximum atomic E-state index is 13.2. The zero-order chi connectivity index (χ0) is 24.5. The fourth-order valence-corrected chi connectivity index (χ4v) is 5.81. The Morgan fingerprint density at radius 2 is 1.26 bits per heavy atom. The van der Waals surface area contributed by atoms with Crippen molar-refractivity contribution >= 4 is 23.4 Å². The van der Waals surface area contributed by atoms with Gasteiger partial charge in [-0.05, 0) is 99.1 Å². The van der Waals surface area contributed by atoms with Gasteiger partial charge in [0.05, 0.1) is 18.2 Å². The molecule has 0 N–H and O–H groups in total. The summed E-state index contributed by atoms with van der Waals surface area (Å²) in [5.41, 5.74) is 0.935. The molecule has 0 spiro atoms. The summed E-state index contributed by atoms with van der Waals surface area (Å²) in [7, 11) is 0. The quantitative estimate of drug-likeness (QED) is 0.623. The predicted octanol–water partition coefficient (Wildman–Crippen LogP) is 3.86. The third-order valence-corrected chi connectivity index (χ3v) is 7.81. The average molecular weight is 482 g/mol. The number of hydrogen-bond donors (Lipinski definition) is 0. The van der Waals surface area contributed by atoms with Gasteiger partial charge in [0.1, 0.15) is 11.6 Å². The molecule has 0 bridgehead atoms. The van der Waals surface area contributed by atoms with Gasteiger partial charge in [-0.25, -0.2) is 13.7 Å². The lowest BCUT2D eigenvalue weighted by Crippen LogP contribution is -2.47. The van der Waals surface area contributed by atoms with Crippen LogP contribution in [0.5, 0.6) is 0 Å². The van der Waals surface area contributed by atoms with E-state index in [4.69, 9.17) is 0 Å². The van der Waals surface area contributed by atoms with Crippen LogP contribution in [0.3, 0.4) is 0 Å². The van der Waals surface area contributed by atoms with E-state index in [9.17, 15) is 23.2 Å². The Bertz CT molecular complexity index is 1090. The van der Waals surface area contributed by atoms with Gasteiger partial charge in [0.25, 0.3) is 11.8 Å². The van der Waals surface area contributed by atoms with Crippen molar-refractivity contribution in [3.63, 3.8) is 0 Å². The third-order valence-electron chi connectivity index (χ3n) is 7.81. The zero-order valence-corrected chi connectivity index (χ0v) is 19.5. The summed E-state index contributed by atoms with van der Waals surface area (Å²) >= 11 is 0. The van der Waals surface area contributed by atoms with Crippen LogP contribution in [0.2, 0.25) is 0 Å². The first kappa shape index (κ1) is 23.6. The summed E-state index contributed by atoms with van der Waals surface area (Å²) < 4.78 is 26.4. The number of nitrogens with zero attached hydrogens (tertiary/aromatic N) is 3. The van der Waals surface area contributed by atoms with E-state index in [2.05, 4.69) is 4.90 Å². The maximum absolute atomic E-state index is 13.2. The number of carbonyl (C=O) groups excluding carboxylic acids is 3. The summed E-state index contributed by atoms with van der Waals surface area (Å²) in [5, 5.41) is 0. The Labute approximate surface area is 203 Å². The molecule has 0 saturated carbocycles. The molecule has 1 atom stereocenters. The molecule has 3 heterocycles. The van der Waals surface area contributed by atoms with E-state index in [1.54, 1.807) is 0 Å². The first-order chi connectivity index (χ1) is 16.9. The van der Waals surface area contributed by atoms with E-state index in [0.717, 1.165) is 38.8 Å². The topological polar surface area (TPSA) is 60.9 Å². The Balaban J connectivity index is 1.12. The van der Waals surface area contributed by atoms with Crippen LogP contribution < -0.4 is 4.90 Å². The number of carbonyl (C=O) groups is 3. The van der Waals surface area contributed by atoms with Crippen molar-refractivity contribution in [2.75, 3.05) is 31.1 Å². The minimum Gasteiger partial charge on any atom is -0.339 e. The molecule has 3 saturated heterocycles. The van der Waals surface area contributed by atoms with Gasteiger partial charge >= 0.3 is 0 Å². The third kappa shape index (κ3) is 4.85. The molecule has 0 unspecified atom stereocenters. The standard InChI is InChI=1S/C27H29F2N3O3/c28-21-3-1-20(2-4-21)26(34)31-15-11-19(12-16-31)18-9-13-30(14-10-18)24-17-25(33)32(27(24)35)23-7-5-22(29)6-8-23/h1-8,18-19,24H,9-17H2/t24-/m0/s1. The summed E-state index contributed by atoms with van der Waals surface area (Å²) in [6.07, 6.45) is 3.97. The van der Waals surface area contributed by atoms with Gasteiger partial charge in [0.2, 0.25) is 5.91 Å². The highest BCUT2D eigenvalue weighted by molar-refractivity contribution is 6.22. The summed E-state index contributed by atoms with van der Waals surface area (Å²) in [4.78, 5) is 43.5. The van der Waals surface area contributed by atoms with Crippen molar-refractivity contribution in [1.29, 1.82) is 0 Å². The van der Waals surface area contributed by atoms with Crippen LogP contribution in [-0.2, 0) is 9.59 Å². The molecule has 0 aromatic heterocycles. The number of piperidine rings is 2. The normalized spacial score (nSPS) is 22.7. The highest BCUT2D eigenvalue weighted by Crippen LogP contribution is 2.35. The number of amides is 3. The molecule has 8 heteroatoms. The van der Waals surface area contributed by atoms with Crippen LogP contribution in [0.1, 0.15) is 42.5 Å². The molecule has 5 rings (SSSR count). The van der Waals surface area contributed by atoms with Crippen LogP contribution in [-0.4, -0.2) is 59.7 Å². The van der Waals surface area contributed by atoms with E-state index >= 15 is 0 Å². The Morgan fingerprint density at radius 1 is 0.743 bits per heavy atom. The highest BCUT2D eigenvalue weighted by atomic mass is 19.1.